The molecule has 1 heterocycles. The molecule has 0 radical (unpaired) electrons. The summed E-state index contributed by atoms with van der Waals surface area (Å²) in [4.78, 5) is 0. The van der Waals surface area contributed by atoms with Crippen LogP contribution in [-0.2, 0) is 18.3 Å². The predicted molar refractivity (Wildman–Crippen MR) is 111 cm³/mol. The van der Waals surface area contributed by atoms with Crippen LogP contribution < -0.4 is 0 Å². The van der Waals surface area contributed by atoms with Crippen molar-refractivity contribution in [3.8, 4) is 0 Å². The van der Waals surface area contributed by atoms with Crippen molar-refractivity contribution in [1.29, 1.82) is 0 Å². The molecular weight excluding hydrogens is 364 g/mol. The average Bonchev–Trinajstić information content (AvgIpc) is 2.43. The van der Waals surface area contributed by atoms with Gasteiger partial charge in [-0.15, -0.1) is 0 Å². The molecule has 0 aromatic carbocycles. The Balaban J connectivity index is 3.25. The molecule has 0 amide bonds. The van der Waals surface area contributed by atoms with Gasteiger partial charge in [0.25, 0.3) is 0 Å². The van der Waals surface area contributed by atoms with Gasteiger partial charge in [-0.1, -0.05) is 41.5 Å². The standard InChI is InChI=1S/C19H42O5Si2/c1-13-14(20)15(23-25(9,10)18(2,3)4)16(17(21-8)22-13)24-26(11,12)19(5,6)7/h13-17,20H,1-12H3/t13-,14-,15+,16-,17+/m1/s1. The van der Waals surface area contributed by atoms with Gasteiger partial charge in [0.2, 0.25) is 0 Å². The smallest absolute Gasteiger partial charge is 0.192 e. The first kappa shape index (κ1) is 24.3. The van der Waals surface area contributed by atoms with Gasteiger partial charge < -0.3 is 23.4 Å². The highest BCUT2D eigenvalue weighted by Gasteiger charge is 2.52. The molecule has 0 bridgehead atoms. The third-order valence-corrected chi connectivity index (χ3v) is 15.4. The van der Waals surface area contributed by atoms with Gasteiger partial charge in [-0.2, -0.15) is 0 Å². The largest absolute Gasteiger partial charge is 0.408 e. The summed E-state index contributed by atoms with van der Waals surface area (Å²) in [6.07, 6.45) is -2.56. The van der Waals surface area contributed by atoms with E-state index in [9.17, 15) is 5.11 Å². The quantitative estimate of drug-likeness (QED) is 0.680. The van der Waals surface area contributed by atoms with Crippen molar-refractivity contribution in [2.45, 2.75) is 115 Å². The fourth-order valence-corrected chi connectivity index (χ4v) is 5.06. The average molecular weight is 407 g/mol. The van der Waals surface area contributed by atoms with Crippen LogP contribution >= 0.6 is 0 Å². The van der Waals surface area contributed by atoms with Gasteiger partial charge in [0.05, 0.1) is 6.10 Å². The molecule has 0 saturated carbocycles. The highest BCUT2D eigenvalue weighted by atomic mass is 28.4. The molecule has 1 aliphatic heterocycles. The Hall–Kier alpha value is 0.234. The normalized spacial score (nSPS) is 32.0. The van der Waals surface area contributed by atoms with Crippen molar-refractivity contribution in [1.82, 2.24) is 0 Å². The van der Waals surface area contributed by atoms with Gasteiger partial charge in [-0.25, -0.2) is 0 Å². The summed E-state index contributed by atoms with van der Waals surface area (Å²) in [5.74, 6) is 0. The summed E-state index contributed by atoms with van der Waals surface area (Å²) in [5.41, 5.74) is 0. The predicted octanol–water partition coefficient (Wildman–Crippen LogP) is 4.52. The van der Waals surface area contributed by atoms with Gasteiger partial charge in [-0.05, 0) is 43.2 Å². The zero-order valence-electron chi connectivity index (χ0n) is 19.0. The van der Waals surface area contributed by atoms with Gasteiger partial charge in [-0.3, -0.25) is 0 Å². The lowest BCUT2D eigenvalue weighted by atomic mass is 10.0. The van der Waals surface area contributed by atoms with Crippen molar-refractivity contribution < 1.29 is 23.4 Å². The summed E-state index contributed by atoms with van der Waals surface area (Å²) in [7, 11) is -2.58. The fourth-order valence-electron chi connectivity index (χ4n) is 2.47. The number of hydrogen-bond acceptors (Lipinski definition) is 5. The molecule has 0 unspecified atom stereocenters. The van der Waals surface area contributed by atoms with E-state index in [2.05, 4.69) is 67.7 Å². The van der Waals surface area contributed by atoms with Crippen LogP contribution in [0.3, 0.4) is 0 Å². The van der Waals surface area contributed by atoms with Crippen molar-refractivity contribution in [2.24, 2.45) is 0 Å². The molecule has 1 rings (SSSR count). The molecule has 0 spiro atoms. The molecule has 0 aromatic rings. The lowest BCUT2D eigenvalue weighted by molar-refractivity contribution is -0.279. The van der Waals surface area contributed by atoms with Crippen molar-refractivity contribution in [3.63, 3.8) is 0 Å². The van der Waals surface area contributed by atoms with E-state index in [1.54, 1.807) is 7.11 Å². The van der Waals surface area contributed by atoms with Crippen LogP contribution in [0.15, 0.2) is 0 Å². The van der Waals surface area contributed by atoms with E-state index < -0.39 is 41.2 Å². The van der Waals surface area contributed by atoms with E-state index in [0.29, 0.717) is 0 Å². The molecule has 7 heteroatoms. The molecule has 26 heavy (non-hydrogen) atoms. The first-order valence-corrected chi connectivity index (χ1v) is 15.5. The molecule has 0 aliphatic carbocycles. The number of rotatable bonds is 5. The van der Waals surface area contributed by atoms with Crippen LogP contribution in [0.2, 0.25) is 36.3 Å². The lowest BCUT2D eigenvalue weighted by Gasteiger charge is -2.51. The molecule has 5 nitrogen and oxygen atoms in total. The number of ether oxygens (including phenoxy) is 2. The Bertz CT molecular complexity index is 440. The summed E-state index contributed by atoms with van der Waals surface area (Å²) >= 11 is 0. The van der Waals surface area contributed by atoms with Gasteiger partial charge in [0.1, 0.15) is 18.3 Å². The SMILES string of the molecule is CO[C@H]1O[C@H](C)[C@@H](O)[C@H](O[Si](C)(C)C(C)(C)C)[C@H]1O[Si](C)(C)C(C)(C)C. The van der Waals surface area contributed by atoms with E-state index in [4.69, 9.17) is 18.3 Å². The second-order valence-corrected chi connectivity index (χ2v) is 20.1. The Morgan fingerprint density at radius 1 is 0.808 bits per heavy atom. The minimum Gasteiger partial charge on any atom is -0.408 e. The highest BCUT2D eigenvalue weighted by molar-refractivity contribution is 6.74. The second-order valence-electron chi connectivity index (χ2n) is 10.6. The maximum atomic E-state index is 10.9. The van der Waals surface area contributed by atoms with Gasteiger partial charge in [0.15, 0.2) is 22.9 Å². The maximum Gasteiger partial charge on any atom is 0.192 e. The Labute approximate surface area is 163 Å². The Morgan fingerprint density at radius 3 is 1.54 bits per heavy atom. The van der Waals surface area contributed by atoms with Crippen LogP contribution in [-0.4, -0.2) is 59.6 Å². The first-order chi connectivity index (χ1) is 11.4. The third kappa shape index (κ3) is 5.18. The monoisotopic (exact) mass is 406 g/mol. The van der Waals surface area contributed by atoms with Gasteiger partial charge >= 0.3 is 0 Å². The molecule has 5 atom stereocenters. The molecular formula is C19H42O5Si2. The topological polar surface area (TPSA) is 57.2 Å². The van der Waals surface area contributed by atoms with Crippen molar-refractivity contribution in [2.75, 3.05) is 7.11 Å². The van der Waals surface area contributed by atoms with Gasteiger partial charge in [0, 0.05) is 7.11 Å². The van der Waals surface area contributed by atoms with Crippen molar-refractivity contribution >= 4 is 16.6 Å². The highest BCUT2D eigenvalue weighted by Crippen LogP contribution is 2.43. The summed E-state index contributed by atoms with van der Waals surface area (Å²) in [6.45, 7) is 23.9. The Morgan fingerprint density at radius 2 is 1.19 bits per heavy atom. The van der Waals surface area contributed by atoms with Crippen molar-refractivity contribution in [3.05, 3.63) is 0 Å². The van der Waals surface area contributed by atoms with E-state index in [0.717, 1.165) is 0 Å². The second kappa shape index (κ2) is 7.93. The lowest BCUT2D eigenvalue weighted by Crippen LogP contribution is -2.64. The van der Waals surface area contributed by atoms with E-state index >= 15 is 0 Å². The molecule has 0 aromatic heterocycles. The first-order valence-electron chi connectivity index (χ1n) is 9.66. The maximum absolute atomic E-state index is 10.9. The summed E-state index contributed by atoms with van der Waals surface area (Å²) < 4.78 is 24.8. The minimum atomic E-state index is -2.10. The zero-order chi connectivity index (χ0) is 20.7. The van der Waals surface area contributed by atoms with Crippen LogP contribution in [0.4, 0.5) is 0 Å². The zero-order valence-corrected chi connectivity index (χ0v) is 21.0. The van der Waals surface area contributed by atoms with Crippen LogP contribution in [0.5, 0.6) is 0 Å². The fraction of sp³-hybridized carbons (Fsp3) is 1.00. The molecule has 1 N–H and O–H groups in total. The molecule has 156 valence electrons. The molecule has 1 fully saturated rings. The van der Waals surface area contributed by atoms with Crippen LogP contribution in [0, 0.1) is 0 Å². The van der Waals surface area contributed by atoms with Crippen LogP contribution in [0.25, 0.3) is 0 Å². The van der Waals surface area contributed by atoms with E-state index in [1.165, 1.54) is 0 Å². The minimum absolute atomic E-state index is 0.0400. The summed E-state index contributed by atoms with van der Waals surface area (Å²) in [6, 6.07) is 0. The Kier molecular flexibility index (Phi) is 7.40. The van der Waals surface area contributed by atoms with E-state index in [1.807, 2.05) is 6.92 Å². The summed E-state index contributed by atoms with van der Waals surface area (Å²) in [5, 5.41) is 11.0. The molecule has 1 aliphatic rings. The number of hydrogen-bond donors (Lipinski definition) is 1. The third-order valence-electron chi connectivity index (χ3n) is 6.46. The number of aliphatic hydroxyl groups excluding tert-OH is 1. The number of aliphatic hydroxyl groups is 1. The number of methoxy groups -OCH3 is 1. The molecule has 1 saturated heterocycles. The van der Waals surface area contributed by atoms with Crippen LogP contribution in [0.1, 0.15) is 48.5 Å². The van der Waals surface area contributed by atoms with E-state index in [-0.39, 0.29) is 16.2 Å².